The Balaban J connectivity index is 2.16. The van der Waals surface area contributed by atoms with E-state index in [9.17, 15) is 4.79 Å². The molecule has 0 saturated carbocycles. The monoisotopic (exact) mass is 342 g/mol. The highest BCUT2D eigenvalue weighted by molar-refractivity contribution is 6.68. The standard InChI is InChI=1S/C19H22O4Si/c1-3-19(20)21-15-16-24(4-2,22-17-11-7-5-8-12-17)23-18-13-9-6-10-14-18/h3,5-14H,1,4,15-16H2,2H3. The second kappa shape index (κ2) is 8.93. The Morgan fingerprint density at radius 2 is 1.50 bits per heavy atom. The Kier molecular flexibility index (Phi) is 6.63. The fourth-order valence-electron chi connectivity index (χ4n) is 2.22. The van der Waals surface area contributed by atoms with Crippen LogP contribution in [0.4, 0.5) is 0 Å². The molecule has 2 rings (SSSR count). The molecule has 0 radical (unpaired) electrons. The van der Waals surface area contributed by atoms with Crippen LogP contribution in [0.25, 0.3) is 0 Å². The van der Waals surface area contributed by atoms with Gasteiger partial charge >= 0.3 is 14.5 Å². The Morgan fingerprint density at radius 1 is 1.00 bits per heavy atom. The number of carbonyl (C=O) groups is 1. The molecule has 2 aromatic carbocycles. The lowest BCUT2D eigenvalue weighted by atomic mass is 10.3. The SMILES string of the molecule is C=CC(=O)OCC[Si](CC)(Oc1ccccc1)Oc1ccccc1. The summed E-state index contributed by atoms with van der Waals surface area (Å²) in [5, 5.41) is 0. The maximum absolute atomic E-state index is 11.3. The molecule has 0 aliphatic rings. The molecule has 0 spiro atoms. The second-order valence-corrected chi connectivity index (χ2v) is 8.65. The highest BCUT2D eigenvalue weighted by Crippen LogP contribution is 2.26. The first-order valence-corrected chi connectivity index (χ1v) is 10.2. The minimum atomic E-state index is -2.64. The third-order valence-corrected chi connectivity index (χ3v) is 6.79. The van der Waals surface area contributed by atoms with Gasteiger partial charge in [-0.2, -0.15) is 0 Å². The van der Waals surface area contributed by atoms with Crippen molar-refractivity contribution in [3.63, 3.8) is 0 Å². The van der Waals surface area contributed by atoms with E-state index < -0.39 is 14.5 Å². The summed E-state index contributed by atoms with van der Waals surface area (Å²) >= 11 is 0. The van der Waals surface area contributed by atoms with E-state index >= 15 is 0 Å². The summed E-state index contributed by atoms with van der Waals surface area (Å²) in [5.41, 5.74) is 0. The fourth-order valence-corrected chi connectivity index (χ4v) is 4.65. The molecule has 126 valence electrons. The molecule has 0 saturated heterocycles. The topological polar surface area (TPSA) is 44.8 Å². The van der Waals surface area contributed by atoms with E-state index in [2.05, 4.69) is 6.58 Å². The van der Waals surface area contributed by atoms with Crippen molar-refractivity contribution >= 4 is 14.5 Å². The normalized spacial score (nSPS) is 10.7. The molecule has 0 aliphatic carbocycles. The number of ether oxygens (including phenoxy) is 1. The molecule has 0 amide bonds. The van der Waals surface area contributed by atoms with E-state index in [1.54, 1.807) is 0 Å². The quantitative estimate of drug-likeness (QED) is 0.386. The Bertz CT molecular complexity index is 601. The highest BCUT2D eigenvalue weighted by Gasteiger charge is 2.40. The molecule has 0 heterocycles. The van der Waals surface area contributed by atoms with Crippen molar-refractivity contribution in [3.8, 4) is 11.5 Å². The van der Waals surface area contributed by atoms with Crippen LogP contribution >= 0.6 is 0 Å². The number of rotatable bonds is 9. The lowest BCUT2D eigenvalue weighted by molar-refractivity contribution is -0.137. The van der Waals surface area contributed by atoms with Gasteiger partial charge in [0.15, 0.2) is 0 Å². The third kappa shape index (κ3) is 5.28. The smallest absolute Gasteiger partial charge is 0.463 e. The summed E-state index contributed by atoms with van der Waals surface area (Å²) < 4.78 is 17.7. The van der Waals surface area contributed by atoms with Crippen molar-refractivity contribution in [2.75, 3.05) is 6.61 Å². The van der Waals surface area contributed by atoms with Crippen LogP contribution in [0.3, 0.4) is 0 Å². The zero-order valence-electron chi connectivity index (χ0n) is 13.8. The first kappa shape index (κ1) is 17.8. The molecule has 0 bridgehead atoms. The van der Waals surface area contributed by atoms with Gasteiger partial charge in [0.1, 0.15) is 11.5 Å². The molecule has 0 unspecified atom stereocenters. The summed E-state index contributed by atoms with van der Waals surface area (Å²) in [6, 6.07) is 20.4. The van der Waals surface area contributed by atoms with Crippen LogP contribution in [0.5, 0.6) is 11.5 Å². The average molecular weight is 342 g/mol. The van der Waals surface area contributed by atoms with Crippen LogP contribution in [-0.2, 0) is 9.53 Å². The molecule has 0 aliphatic heterocycles. The van der Waals surface area contributed by atoms with E-state index in [-0.39, 0.29) is 6.61 Å². The predicted octanol–water partition coefficient (Wildman–Crippen LogP) is 4.34. The zero-order valence-corrected chi connectivity index (χ0v) is 14.8. The first-order chi connectivity index (χ1) is 11.7. The number of para-hydroxylation sites is 2. The maximum Gasteiger partial charge on any atom is 0.463 e. The summed E-state index contributed by atoms with van der Waals surface area (Å²) in [6.07, 6.45) is 1.16. The van der Waals surface area contributed by atoms with Crippen molar-refractivity contribution in [2.24, 2.45) is 0 Å². The first-order valence-electron chi connectivity index (χ1n) is 7.95. The Labute approximate surface area is 143 Å². The molecule has 4 nitrogen and oxygen atoms in total. The molecule has 0 fully saturated rings. The minimum Gasteiger partial charge on any atom is -0.512 e. The molecule has 0 N–H and O–H groups in total. The maximum atomic E-state index is 11.3. The largest absolute Gasteiger partial charge is 0.512 e. The zero-order chi connectivity index (χ0) is 17.3. The van der Waals surface area contributed by atoms with E-state index in [1.807, 2.05) is 67.6 Å². The third-order valence-electron chi connectivity index (χ3n) is 3.53. The lowest BCUT2D eigenvalue weighted by Gasteiger charge is -2.30. The fraction of sp³-hybridized carbons (Fsp3) is 0.211. The summed E-state index contributed by atoms with van der Waals surface area (Å²) in [5.74, 6) is 1.09. The van der Waals surface area contributed by atoms with E-state index in [0.29, 0.717) is 6.04 Å². The van der Waals surface area contributed by atoms with Gasteiger partial charge in [-0.05, 0) is 24.3 Å². The number of esters is 1. The van der Waals surface area contributed by atoms with Gasteiger partial charge in [0, 0.05) is 18.2 Å². The van der Waals surface area contributed by atoms with E-state index in [1.165, 1.54) is 0 Å². The number of hydrogen-bond acceptors (Lipinski definition) is 4. The lowest BCUT2D eigenvalue weighted by Crippen LogP contribution is -2.49. The van der Waals surface area contributed by atoms with Crippen molar-refractivity contribution in [1.29, 1.82) is 0 Å². The average Bonchev–Trinajstić information content (AvgIpc) is 2.63. The summed E-state index contributed by atoms with van der Waals surface area (Å²) in [4.78, 5) is 11.3. The van der Waals surface area contributed by atoms with Crippen molar-refractivity contribution in [1.82, 2.24) is 0 Å². The van der Waals surface area contributed by atoms with Gasteiger partial charge < -0.3 is 13.6 Å². The number of hydrogen-bond donors (Lipinski definition) is 0. The molecule has 5 heteroatoms. The minimum absolute atomic E-state index is 0.241. The van der Waals surface area contributed by atoms with Gasteiger partial charge in [0.25, 0.3) is 0 Å². The summed E-state index contributed by atoms with van der Waals surface area (Å²) in [6.45, 7) is 5.68. The Hall–Kier alpha value is -2.53. The molecule has 24 heavy (non-hydrogen) atoms. The van der Waals surface area contributed by atoms with Crippen LogP contribution in [0.15, 0.2) is 73.3 Å². The van der Waals surface area contributed by atoms with Gasteiger partial charge in [-0.15, -0.1) is 0 Å². The molecule has 0 atom stereocenters. The van der Waals surface area contributed by atoms with Gasteiger partial charge in [-0.1, -0.05) is 49.9 Å². The van der Waals surface area contributed by atoms with Crippen molar-refractivity contribution in [3.05, 3.63) is 73.3 Å². The number of carbonyl (C=O) groups excluding carboxylic acids is 1. The van der Waals surface area contributed by atoms with Gasteiger partial charge in [0.05, 0.1) is 6.61 Å². The summed E-state index contributed by atoms with van der Waals surface area (Å²) in [7, 11) is -2.64. The Morgan fingerprint density at radius 3 is 1.92 bits per heavy atom. The molecule has 2 aromatic rings. The molecule has 0 aromatic heterocycles. The van der Waals surface area contributed by atoms with Gasteiger partial charge in [-0.3, -0.25) is 0 Å². The molecular formula is C19H22O4Si. The predicted molar refractivity (Wildman–Crippen MR) is 96.3 cm³/mol. The van der Waals surface area contributed by atoms with Crippen LogP contribution in [-0.4, -0.2) is 21.1 Å². The highest BCUT2D eigenvalue weighted by atomic mass is 28.4. The number of benzene rings is 2. The van der Waals surface area contributed by atoms with Crippen LogP contribution in [0, 0.1) is 0 Å². The van der Waals surface area contributed by atoms with Crippen molar-refractivity contribution < 1.29 is 18.4 Å². The van der Waals surface area contributed by atoms with Gasteiger partial charge in [-0.25, -0.2) is 4.79 Å². The van der Waals surface area contributed by atoms with E-state index in [0.717, 1.165) is 23.6 Å². The second-order valence-electron chi connectivity index (χ2n) is 5.22. The van der Waals surface area contributed by atoms with Crippen LogP contribution in [0.1, 0.15) is 6.92 Å². The van der Waals surface area contributed by atoms with Crippen LogP contribution < -0.4 is 8.85 Å². The van der Waals surface area contributed by atoms with E-state index in [4.69, 9.17) is 13.6 Å². The molecular weight excluding hydrogens is 320 g/mol. The van der Waals surface area contributed by atoms with Gasteiger partial charge in [0.2, 0.25) is 0 Å². The van der Waals surface area contributed by atoms with Crippen LogP contribution in [0.2, 0.25) is 12.1 Å². The van der Waals surface area contributed by atoms with Crippen molar-refractivity contribution in [2.45, 2.75) is 19.0 Å².